The first kappa shape index (κ1) is 20.5. The van der Waals surface area contributed by atoms with Crippen LogP contribution in [0.1, 0.15) is 44.8 Å². The van der Waals surface area contributed by atoms with Gasteiger partial charge in [-0.25, -0.2) is 13.4 Å². The van der Waals surface area contributed by atoms with E-state index in [1.54, 1.807) is 16.5 Å². The average molecular weight is 411 g/mol. The molecule has 0 spiro atoms. The lowest BCUT2D eigenvalue weighted by Crippen LogP contribution is -2.42. The van der Waals surface area contributed by atoms with E-state index in [1.807, 2.05) is 13.8 Å². The summed E-state index contributed by atoms with van der Waals surface area (Å²) in [4.78, 5) is 22.2. The highest BCUT2D eigenvalue weighted by Gasteiger charge is 2.37. The zero-order chi connectivity index (χ0) is 20.5. The summed E-state index contributed by atoms with van der Waals surface area (Å²) in [7, 11) is -1.94. The van der Waals surface area contributed by atoms with E-state index >= 15 is 0 Å². The first-order valence-corrected chi connectivity index (χ1v) is 10.7. The van der Waals surface area contributed by atoms with Crippen LogP contribution in [0.25, 0.3) is 0 Å². The van der Waals surface area contributed by atoms with Gasteiger partial charge in [-0.05, 0) is 6.42 Å². The van der Waals surface area contributed by atoms with Crippen molar-refractivity contribution in [2.75, 3.05) is 19.6 Å². The van der Waals surface area contributed by atoms with Crippen molar-refractivity contribution in [1.82, 2.24) is 28.9 Å². The third kappa shape index (κ3) is 4.25. The van der Waals surface area contributed by atoms with Crippen LogP contribution in [-0.4, -0.2) is 68.9 Å². The molecule has 0 bridgehead atoms. The predicted molar refractivity (Wildman–Crippen MR) is 99.8 cm³/mol. The fraction of sp³-hybridized carbons (Fsp3) is 0.647. The lowest BCUT2D eigenvalue weighted by atomic mass is 10.2. The fourth-order valence-electron chi connectivity index (χ4n) is 3.26. The third-order valence-corrected chi connectivity index (χ3v) is 6.56. The Bertz CT molecular complexity index is 935. The number of carbonyl (C=O) groups excluding carboxylic acids is 1. The van der Waals surface area contributed by atoms with E-state index in [0.29, 0.717) is 37.6 Å². The summed E-state index contributed by atoms with van der Waals surface area (Å²) in [5, 5.41) is 3.98. The van der Waals surface area contributed by atoms with Gasteiger partial charge in [-0.2, -0.15) is 9.29 Å². The Morgan fingerprint density at radius 1 is 1.43 bits per heavy atom. The molecule has 1 atom stereocenters. The number of imidazole rings is 1. The van der Waals surface area contributed by atoms with Crippen molar-refractivity contribution < 1.29 is 17.7 Å². The van der Waals surface area contributed by atoms with E-state index in [2.05, 4.69) is 15.1 Å². The molecule has 1 fully saturated rings. The Balaban J connectivity index is 1.65. The third-order valence-electron chi connectivity index (χ3n) is 4.81. The van der Waals surface area contributed by atoms with E-state index in [9.17, 15) is 13.2 Å². The topological polar surface area (TPSA) is 114 Å². The van der Waals surface area contributed by atoms with Gasteiger partial charge < -0.3 is 14.0 Å². The number of rotatable bonds is 7. The molecule has 1 amide bonds. The van der Waals surface area contributed by atoms with Crippen LogP contribution in [0, 0.1) is 0 Å². The van der Waals surface area contributed by atoms with Crippen LogP contribution in [0.5, 0.6) is 0 Å². The number of hydrogen-bond donors (Lipinski definition) is 0. The molecule has 2 aromatic rings. The predicted octanol–water partition coefficient (Wildman–Crippen LogP) is 0.781. The number of amides is 1. The van der Waals surface area contributed by atoms with Gasteiger partial charge in [0.2, 0.25) is 11.8 Å². The molecule has 0 radical (unpaired) electrons. The molecule has 3 heterocycles. The van der Waals surface area contributed by atoms with Crippen molar-refractivity contribution in [3.8, 4) is 0 Å². The van der Waals surface area contributed by atoms with Gasteiger partial charge >= 0.3 is 0 Å². The molecule has 1 aliphatic heterocycles. The zero-order valence-electron chi connectivity index (χ0n) is 16.6. The maximum Gasteiger partial charge on any atom is 0.262 e. The summed E-state index contributed by atoms with van der Waals surface area (Å²) in [6.45, 7) is 6.44. The maximum atomic E-state index is 12.7. The van der Waals surface area contributed by atoms with E-state index in [-0.39, 0.29) is 29.4 Å². The van der Waals surface area contributed by atoms with Gasteiger partial charge in [0, 0.05) is 58.2 Å². The van der Waals surface area contributed by atoms with Crippen molar-refractivity contribution in [3.05, 3.63) is 24.2 Å². The Morgan fingerprint density at radius 2 is 2.18 bits per heavy atom. The summed E-state index contributed by atoms with van der Waals surface area (Å²) in [5.74, 6) is 1.16. The van der Waals surface area contributed by atoms with E-state index in [0.717, 1.165) is 0 Å². The Hall–Kier alpha value is -2.27. The molecule has 0 saturated carbocycles. The van der Waals surface area contributed by atoms with Crippen molar-refractivity contribution in [2.45, 2.75) is 50.6 Å². The van der Waals surface area contributed by atoms with Gasteiger partial charge in [0.25, 0.3) is 10.0 Å². The average Bonchev–Trinajstić information content (AvgIpc) is 3.34. The van der Waals surface area contributed by atoms with Gasteiger partial charge in [-0.1, -0.05) is 19.0 Å². The number of sulfonamides is 1. The second kappa shape index (κ2) is 8.00. The van der Waals surface area contributed by atoms with Crippen LogP contribution in [0.2, 0.25) is 0 Å². The van der Waals surface area contributed by atoms with Gasteiger partial charge in [0.15, 0.2) is 10.9 Å². The molecule has 2 aromatic heterocycles. The minimum atomic E-state index is -3.66. The molecule has 28 heavy (non-hydrogen) atoms. The highest BCUT2D eigenvalue weighted by molar-refractivity contribution is 7.89. The highest BCUT2D eigenvalue weighted by Crippen LogP contribution is 2.23. The van der Waals surface area contributed by atoms with Crippen LogP contribution < -0.4 is 0 Å². The van der Waals surface area contributed by atoms with E-state index < -0.39 is 10.0 Å². The molecule has 11 heteroatoms. The number of carbonyl (C=O) groups is 1. The van der Waals surface area contributed by atoms with Crippen LogP contribution in [0.3, 0.4) is 0 Å². The number of aromatic nitrogens is 4. The largest absolute Gasteiger partial charge is 0.339 e. The smallest absolute Gasteiger partial charge is 0.262 e. The quantitative estimate of drug-likeness (QED) is 0.662. The molecule has 0 aliphatic carbocycles. The van der Waals surface area contributed by atoms with Gasteiger partial charge in [-0.3, -0.25) is 4.79 Å². The Labute approximate surface area is 164 Å². The Morgan fingerprint density at radius 3 is 2.75 bits per heavy atom. The normalized spacial score (nSPS) is 18.1. The molecular weight excluding hydrogens is 384 g/mol. The molecule has 1 unspecified atom stereocenters. The zero-order valence-corrected chi connectivity index (χ0v) is 17.4. The Kier molecular flexibility index (Phi) is 5.84. The van der Waals surface area contributed by atoms with Crippen LogP contribution in [0.4, 0.5) is 0 Å². The lowest BCUT2D eigenvalue weighted by Gasteiger charge is -2.27. The molecule has 3 rings (SSSR count). The van der Waals surface area contributed by atoms with Crippen molar-refractivity contribution in [2.24, 2.45) is 7.05 Å². The van der Waals surface area contributed by atoms with Crippen molar-refractivity contribution in [1.29, 1.82) is 0 Å². The number of nitrogens with zero attached hydrogens (tertiary/aromatic N) is 6. The number of hydrogen-bond acceptors (Lipinski definition) is 7. The van der Waals surface area contributed by atoms with E-state index in [1.165, 1.54) is 23.8 Å². The summed E-state index contributed by atoms with van der Waals surface area (Å²) < 4.78 is 33.7. The molecule has 0 aromatic carbocycles. The maximum absolute atomic E-state index is 12.7. The molecular formula is C17H26N6O4S. The second-order valence-electron chi connectivity index (χ2n) is 7.35. The van der Waals surface area contributed by atoms with Crippen molar-refractivity contribution >= 4 is 15.9 Å². The summed E-state index contributed by atoms with van der Waals surface area (Å²) >= 11 is 0. The molecule has 154 valence electrons. The molecule has 0 N–H and O–H groups in total. The summed E-state index contributed by atoms with van der Waals surface area (Å²) in [6.07, 6.45) is 3.97. The minimum absolute atomic E-state index is 0.0260. The fourth-order valence-corrected chi connectivity index (χ4v) is 4.72. The summed E-state index contributed by atoms with van der Waals surface area (Å²) in [5.41, 5.74) is 0. The minimum Gasteiger partial charge on any atom is -0.339 e. The van der Waals surface area contributed by atoms with Gasteiger partial charge in [0.1, 0.15) is 0 Å². The standard InChI is InChI=1S/C17H26N6O4S/c1-12(2)17-19-15(20-27-17)6-8-23(13(3)24)14-5-7-22(9-14)28(25,26)16-10-21(4)11-18-16/h10-12,14H,5-9H2,1-4H3. The second-order valence-corrected chi connectivity index (χ2v) is 9.23. The van der Waals surface area contributed by atoms with Crippen LogP contribution >= 0.6 is 0 Å². The number of aryl methyl sites for hydroxylation is 1. The van der Waals surface area contributed by atoms with Gasteiger partial charge in [-0.15, -0.1) is 0 Å². The first-order chi connectivity index (χ1) is 13.2. The highest BCUT2D eigenvalue weighted by atomic mass is 32.2. The monoisotopic (exact) mass is 410 g/mol. The SMILES string of the molecule is CC(=O)N(CCc1noc(C(C)C)n1)C1CCN(S(=O)(=O)c2cn(C)cn2)C1. The molecule has 10 nitrogen and oxygen atoms in total. The van der Waals surface area contributed by atoms with Gasteiger partial charge in [0.05, 0.1) is 6.33 Å². The summed E-state index contributed by atoms with van der Waals surface area (Å²) in [6, 6.07) is -0.188. The van der Waals surface area contributed by atoms with Crippen LogP contribution in [0.15, 0.2) is 22.1 Å². The molecule has 1 aliphatic rings. The van der Waals surface area contributed by atoms with Crippen molar-refractivity contribution in [3.63, 3.8) is 0 Å². The first-order valence-electron chi connectivity index (χ1n) is 9.26. The van der Waals surface area contributed by atoms with Crippen LogP contribution in [-0.2, 0) is 28.3 Å². The molecule has 1 saturated heterocycles. The lowest BCUT2D eigenvalue weighted by molar-refractivity contribution is -0.130. The van der Waals surface area contributed by atoms with E-state index in [4.69, 9.17) is 4.52 Å².